The number of rotatable bonds is 2. The minimum atomic E-state index is 0.799. The third kappa shape index (κ3) is 2.92. The summed E-state index contributed by atoms with van der Waals surface area (Å²) in [5.41, 5.74) is 3.38. The minimum Gasteiger partial charge on any atom is -0.245 e. The Balaban J connectivity index is 0.000000606. The van der Waals surface area contributed by atoms with Crippen molar-refractivity contribution < 1.29 is 0 Å². The predicted octanol–water partition coefficient (Wildman–Crippen LogP) is 2.97. The molecule has 0 radical (unpaired) electrons. The van der Waals surface area contributed by atoms with Crippen LogP contribution in [-0.4, -0.2) is 15.0 Å². The second kappa shape index (κ2) is 6.05. The van der Waals surface area contributed by atoms with Gasteiger partial charge >= 0.3 is 0 Å². The van der Waals surface area contributed by atoms with Gasteiger partial charge in [0.2, 0.25) is 0 Å². The summed E-state index contributed by atoms with van der Waals surface area (Å²) in [6.07, 6.45) is 0. The van der Waals surface area contributed by atoms with E-state index in [1.165, 1.54) is 5.56 Å². The van der Waals surface area contributed by atoms with Gasteiger partial charge in [0.25, 0.3) is 0 Å². The molecule has 2 aromatic rings. The largest absolute Gasteiger partial charge is 0.245 e. The molecule has 0 bridgehead atoms. The van der Waals surface area contributed by atoms with Crippen LogP contribution < -0.4 is 0 Å². The second-order valence-corrected chi connectivity index (χ2v) is 3.40. The second-order valence-electron chi connectivity index (χ2n) is 3.40. The summed E-state index contributed by atoms with van der Waals surface area (Å²) in [5.74, 6) is 0. The van der Waals surface area contributed by atoms with Crippen LogP contribution in [-0.2, 0) is 6.54 Å². The van der Waals surface area contributed by atoms with E-state index in [1.807, 2.05) is 50.6 Å². The minimum absolute atomic E-state index is 0.799. The molecule has 0 saturated carbocycles. The summed E-state index contributed by atoms with van der Waals surface area (Å²) < 4.78 is 1.92. The van der Waals surface area contributed by atoms with Gasteiger partial charge in [0.05, 0.1) is 17.9 Å². The van der Waals surface area contributed by atoms with Crippen molar-refractivity contribution in [1.29, 1.82) is 0 Å². The molecule has 3 heteroatoms. The molecule has 0 spiro atoms. The molecule has 0 N–H and O–H groups in total. The van der Waals surface area contributed by atoms with Crippen LogP contribution in [0.4, 0.5) is 0 Å². The van der Waals surface area contributed by atoms with Crippen LogP contribution in [0.15, 0.2) is 30.3 Å². The fraction of sp³-hybridized carbons (Fsp3) is 0.385. The van der Waals surface area contributed by atoms with Gasteiger partial charge in [-0.25, -0.2) is 4.68 Å². The quantitative estimate of drug-likeness (QED) is 0.774. The lowest BCUT2D eigenvalue weighted by Crippen LogP contribution is -2.03. The van der Waals surface area contributed by atoms with Crippen molar-refractivity contribution >= 4 is 0 Å². The van der Waals surface area contributed by atoms with E-state index in [0.29, 0.717) is 0 Å². The Morgan fingerprint density at radius 1 is 1.06 bits per heavy atom. The molecule has 86 valence electrons. The summed E-state index contributed by atoms with van der Waals surface area (Å²) in [7, 11) is 0. The van der Waals surface area contributed by atoms with Crippen molar-refractivity contribution in [3.63, 3.8) is 0 Å². The molecule has 0 saturated heterocycles. The highest BCUT2D eigenvalue weighted by Gasteiger charge is 2.03. The molecule has 1 aromatic heterocycles. The zero-order valence-corrected chi connectivity index (χ0v) is 10.4. The van der Waals surface area contributed by atoms with E-state index in [-0.39, 0.29) is 0 Å². The maximum Gasteiger partial charge on any atom is 0.0825 e. The molecular formula is C13H19N3. The van der Waals surface area contributed by atoms with Gasteiger partial charge < -0.3 is 0 Å². The number of benzene rings is 1. The molecular weight excluding hydrogens is 198 g/mol. The van der Waals surface area contributed by atoms with Crippen LogP contribution in [0.3, 0.4) is 0 Å². The molecule has 3 nitrogen and oxygen atoms in total. The normalized spacial score (nSPS) is 9.50. The fourth-order valence-electron chi connectivity index (χ4n) is 1.35. The van der Waals surface area contributed by atoms with Crippen molar-refractivity contribution in [2.24, 2.45) is 0 Å². The first-order valence-electron chi connectivity index (χ1n) is 5.68. The highest BCUT2D eigenvalue weighted by molar-refractivity contribution is 5.16. The molecule has 1 aromatic carbocycles. The van der Waals surface area contributed by atoms with Crippen LogP contribution >= 0.6 is 0 Å². The van der Waals surface area contributed by atoms with E-state index < -0.39 is 0 Å². The van der Waals surface area contributed by atoms with E-state index in [9.17, 15) is 0 Å². The average Bonchev–Trinajstić information content (AvgIpc) is 2.65. The Morgan fingerprint density at radius 2 is 1.69 bits per heavy atom. The number of aromatic nitrogens is 3. The highest BCUT2D eigenvalue weighted by atomic mass is 15.4. The van der Waals surface area contributed by atoms with E-state index in [4.69, 9.17) is 0 Å². The van der Waals surface area contributed by atoms with Gasteiger partial charge in [-0.15, -0.1) is 5.10 Å². The standard InChI is InChI=1S/C11H13N3.C2H6/c1-9-10(2)14(13-12-9)8-11-6-4-3-5-7-11;1-2/h3-7H,8H2,1-2H3;1-2H3. The zero-order valence-electron chi connectivity index (χ0n) is 10.4. The lowest BCUT2D eigenvalue weighted by molar-refractivity contribution is 0.633. The monoisotopic (exact) mass is 217 g/mol. The third-order valence-corrected chi connectivity index (χ3v) is 2.39. The van der Waals surface area contributed by atoms with E-state index in [2.05, 4.69) is 22.4 Å². The van der Waals surface area contributed by atoms with E-state index in [1.54, 1.807) is 0 Å². The molecule has 0 aliphatic carbocycles. The van der Waals surface area contributed by atoms with Crippen LogP contribution in [0.5, 0.6) is 0 Å². The summed E-state index contributed by atoms with van der Waals surface area (Å²) in [6.45, 7) is 8.82. The zero-order chi connectivity index (χ0) is 12.0. The Morgan fingerprint density at radius 3 is 2.19 bits per heavy atom. The lowest BCUT2D eigenvalue weighted by atomic mass is 10.2. The Labute approximate surface area is 97.1 Å². The molecule has 0 unspecified atom stereocenters. The van der Waals surface area contributed by atoms with Gasteiger partial charge in [-0.1, -0.05) is 49.4 Å². The van der Waals surface area contributed by atoms with Crippen molar-refractivity contribution in [2.75, 3.05) is 0 Å². The third-order valence-electron chi connectivity index (χ3n) is 2.39. The van der Waals surface area contributed by atoms with Crippen molar-refractivity contribution in [3.05, 3.63) is 47.3 Å². The van der Waals surface area contributed by atoms with Gasteiger partial charge in [0, 0.05) is 0 Å². The maximum absolute atomic E-state index is 4.08. The molecule has 0 amide bonds. The molecule has 0 fully saturated rings. The van der Waals surface area contributed by atoms with E-state index in [0.717, 1.165) is 17.9 Å². The first-order valence-corrected chi connectivity index (χ1v) is 5.68. The number of hydrogen-bond donors (Lipinski definition) is 0. The summed E-state index contributed by atoms with van der Waals surface area (Å²) in [4.78, 5) is 0. The first-order chi connectivity index (χ1) is 7.77. The van der Waals surface area contributed by atoms with Gasteiger partial charge in [-0.3, -0.25) is 0 Å². The molecule has 0 aliphatic heterocycles. The molecule has 0 aliphatic rings. The predicted molar refractivity (Wildman–Crippen MR) is 66.4 cm³/mol. The van der Waals surface area contributed by atoms with Gasteiger partial charge in [0.15, 0.2) is 0 Å². The Bertz CT molecular complexity index is 418. The molecule has 0 atom stereocenters. The number of aryl methyl sites for hydroxylation is 1. The highest BCUT2D eigenvalue weighted by Crippen LogP contribution is 2.06. The van der Waals surface area contributed by atoms with Crippen LogP contribution in [0.2, 0.25) is 0 Å². The summed E-state index contributed by atoms with van der Waals surface area (Å²) in [5, 5.41) is 8.10. The smallest absolute Gasteiger partial charge is 0.0825 e. The van der Waals surface area contributed by atoms with Crippen molar-refractivity contribution in [3.8, 4) is 0 Å². The summed E-state index contributed by atoms with van der Waals surface area (Å²) in [6, 6.07) is 10.3. The summed E-state index contributed by atoms with van der Waals surface area (Å²) >= 11 is 0. The Hall–Kier alpha value is -1.64. The molecule has 16 heavy (non-hydrogen) atoms. The van der Waals surface area contributed by atoms with Crippen LogP contribution in [0.25, 0.3) is 0 Å². The number of hydrogen-bond acceptors (Lipinski definition) is 2. The van der Waals surface area contributed by atoms with Gasteiger partial charge in [-0.05, 0) is 19.4 Å². The maximum atomic E-state index is 4.08. The van der Waals surface area contributed by atoms with Crippen LogP contribution in [0.1, 0.15) is 30.8 Å². The first kappa shape index (κ1) is 12.4. The van der Waals surface area contributed by atoms with Gasteiger partial charge in [0.1, 0.15) is 0 Å². The fourth-order valence-corrected chi connectivity index (χ4v) is 1.35. The van der Waals surface area contributed by atoms with Crippen LogP contribution in [0, 0.1) is 13.8 Å². The average molecular weight is 217 g/mol. The van der Waals surface area contributed by atoms with Crippen molar-refractivity contribution in [1.82, 2.24) is 15.0 Å². The topological polar surface area (TPSA) is 30.7 Å². The number of nitrogens with zero attached hydrogens (tertiary/aromatic N) is 3. The lowest BCUT2D eigenvalue weighted by Gasteiger charge is -2.02. The Kier molecular flexibility index (Phi) is 4.70. The van der Waals surface area contributed by atoms with Crippen molar-refractivity contribution in [2.45, 2.75) is 34.2 Å². The molecule has 2 rings (SSSR count). The van der Waals surface area contributed by atoms with Gasteiger partial charge in [-0.2, -0.15) is 0 Å². The molecule has 1 heterocycles. The SMILES string of the molecule is CC.Cc1nnn(Cc2ccccc2)c1C. The van der Waals surface area contributed by atoms with E-state index >= 15 is 0 Å².